The molecule has 0 aliphatic rings. The topological polar surface area (TPSA) is 160 Å². The van der Waals surface area contributed by atoms with Crippen LogP contribution >= 0.6 is 7.82 Å². The van der Waals surface area contributed by atoms with Crippen molar-refractivity contribution in [3.63, 3.8) is 0 Å². The standard InChI is InChI=1S/C44H81O10P/c1-4-6-7-8-9-10-11-17-20-23-26-29-33-41(45)42(46)34-31-36-44(48)54-40(38-53-55(49,50)51)37-52-43(47)35-30-27-24-21-18-15-13-12-14-16-19-22-25-28-32-39(3)5-2/h9-10,17,20,26,29,39-42,45-46H,4-8,11-16,18-19,21-25,27-28,30-38H2,1-3H3,(H2,49,50,51)/b10-9-,20-17-,29-26-/t39?,40-,41?,42?/m1/s1. The quantitative estimate of drug-likeness (QED) is 0.0204. The van der Waals surface area contributed by atoms with Crippen molar-refractivity contribution >= 4 is 19.8 Å². The molecule has 0 aromatic rings. The molecule has 10 nitrogen and oxygen atoms in total. The number of esters is 2. The molecule has 3 unspecified atom stereocenters. The van der Waals surface area contributed by atoms with Crippen LogP contribution in [0.4, 0.5) is 0 Å². The number of carbonyl (C=O) groups is 2. The number of carbonyl (C=O) groups excluding carboxylic acids is 2. The van der Waals surface area contributed by atoms with Crippen molar-refractivity contribution in [1.82, 2.24) is 0 Å². The molecule has 11 heteroatoms. The monoisotopic (exact) mass is 801 g/mol. The minimum Gasteiger partial charge on any atom is -0.462 e. The Bertz CT molecular complexity index is 1040. The maximum absolute atomic E-state index is 12.4. The van der Waals surface area contributed by atoms with Crippen LogP contribution in [0.2, 0.25) is 0 Å². The van der Waals surface area contributed by atoms with Gasteiger partial charge in [-0.05, 0) is 57.3 Å². The van der Waals surface area contributed by atoms with E-state index in [2.05, 4.69) is 49.6 Å². The normalized spacial score (nSPS) is 14.5. The van der Waals surface area contributed by atoms with Gasteiger partial charge in [-0.2, -0.15) is 0 Å². The minimum absolute atomic E-state index is 0.101. The lowest BCUT2D eigenvalue weighted by Gasteiger charge is -2.19. The Morgan fingerprint density at radius 2 is 1.13 bits per heavy atom. The highest BCUT2D eigenvalue weighted by Crippen LogP contribution is 2.36. The maximum atomic E-state index is 12.4. The molecule has 0 rings (SSSR count). The van der Waals surface area contributed by atoms with Crippen LogP contribution in [0.1, 0.15) is 194 Å². The minimum atomic E-state index is -4.84. The van der Waals surface area contributed by atoms with Crippen molar-refractivity contribution in [1.29, 1.82) is 0 Å². The fraction of sp³-hybridized carbons (Fsp3) is 0.818. The number of allylic oxidation sites excluding steroid dienone is 5. The van der Waals surface area contributed by atoms with Gasteiger partial charge in [0.2, 0.25) is 0 Å². The Morgan fingerprint density at radius 3 is 1.69 bits per heavy atom. The fourth-order valence-electron chi connectivity index (χ4n) is 6.10. The smallest absolute Gasteiger partial charge is 0.462 e. The molecule has 0 aromatic carbocycles. The predicted octanol–water partition coefficient (Wildman–Crippen LogP) is 11.1. The number of phosphoric acid groups is 1. The first-order chi connectivity index (χ1) is 26.5. The summed E-state index contributed by atoms with van der Waals surface area (Å²) < 4.78 is 26.2. The zero-order chi connectivity index (χ0) is 40.8. The molecule has 4 atom stereocenters. The maximum Gasteiger partial charge on any atom is 0.469 e. The number of ether oxygens (including phenoxy) is 2. The summed E-state index contributed by atoms with van der Waals surface area (Å²) in [5.41, 5.74) is 0. The highest BCUT2D eigenvalue weighted by molar-refractivity contribution is 7.46. The third kappa shape index (κ3) is 38.8. The van der Waals surface area contributed by atoms with Crippen molar-refractivity contribution in [2.75, 3.05) is 13.2 Å². The van der Waals surface area contributed by atoms with Crippen molar-refractivity contribution in [2.24, 2.45) is 5.92 Å². The largest absolute Gasteiger partial charge is 0.469 e. The van der Waals surface area contributed by atoms with E-state index >= 15 is 0 Å². The summed E-state index contributed by atoms with van der Waals surface area (Å²) in [5, 5.41) is 20.6. The van der Waals surface area contributed by atoms with Crippen molar-refractivity contribution in [3.05, 3.63) is 36.5 Å². The van der Waals surface area contributed by atoms with Gasteiger partial charge in [0, 0.05) is 12.8 Å². The van der Waals surface area contributed by atoms with Gasteiger partial charge in [-0.25, -0.2) is 4.57 Å². The van der Waals surface area contributed by atoms with E-state index in [0.717, 1.165) is 44.4 Å². The molecular weight excluding hydrogens is 719 g/mol. The summed E-state index contributed by atoms with van der Waals surface area (Å²) in [6.07, 6.45) is 36.0. The van der Waals surface area contributed by atoms with Gasteiger partial charge in [-0.15, -0.1) is 0 Å². The fourth-order valence-corrected chi connectivity index (χ4v) is 6.46. The first-order valence-electron chi connectivity index (χ1n) is 21.8. The molecule has 0 aromatic heterocycles. The lowest BCUT2D eigenvalue weighted by atomic mass is 9.99. The third-order valence-corrected chi connectivity index (χ3v) is 10.4. The van der Waals surface area contributed by atoms with Crippen molar-refractivity contribution < 1.29 is 48.2 Å². The lowest BCUT2D eigenvalue weighted by molar-refractivity contribution is -0.161. The molecule has 0 radical (unpaired) electrons. The Hall–Kier alpha value is -1.81. The van der Waals surface area contributed by atoms with E-state index in [4.69, 9.17) is 19.3 Å². The first-order valence-corrected chi connectivity index (χ1v) is 23.4. The van der Waals surface area contributed by atoms with Crippen molar-refractivity contribution in [3.8, 4) is 0 Å². The molecule has 0 amide bonds. The molecule has 0 saturated carbocycles. The van der Waals surface area contributed by atoms with Gasteiger partial charge in [0.25, 0.3) is 0 Å². The number of hydrogen-bond donors (Lipinski definition) is 4. The average Bonchev–Trinajstić information content (AvgIpc) is 3.15. The zero-order valence-corrected chi connectivity index (χ0v) is 35.9. The molecule has 0 bridgehead atoms. The number of aliphatic hydroxyl groups excluding tert-OH is 2. The van der Waals surface area contributed by atoms with Crippen LogP contribution < -0.4 is 0 Å². The molecule has 0 aliphatic carbocycles. The number of phosphoric ester groups is 1. The second kappa shape index (κ2) is 37.7. The second-order valence-electron chi connectivity index (χ2n) is 15.2. The summed E-state index contributed by atoms with van der Waals surface area (Å²) >= 11 is 0. The predicted molar refractivity (Wildman–Crippen MR) is 223 cm³/mol. The van der Waals surface area contributed by atoms with Gasteiger partial charge >= 0.3 is 19.8 Å². The van der Waals surface area contributed by atoms with E-state index in [9.17, 15) is 24.4 Å². The summed E-state index contributed by atoms with van der Waals surface area (Å²) in [6, 6.07) is 0. The van der Waals surface area contributed by atoms with Gasteiger partial charge in [-0.3, -0.25) is 14.1 Å². The third-order valence-electron chi connectivity index (χ3n) is 9.90. The van der Waals surface area contributed by atoms with Crippen LogP contribution in [0.15, 0.2) is 36.5 Å². The summed E-state index contributed by atoms with van der Waals surface area (Å²) in [4.78, 5) is 42.9. The molecule has 0 fully saturated rings. The average molecular weight is 801 g/mol. The highest BCUT2D eigenvalue weighted by Gasteiger charge is 2.23. The molecule has 55 heavy (non-hydrogen) atoms. The Labute approximate surface area is 335 Å². The SMILES string of the molecule is CCCCC/C=C\C/C=C\C/C=C\CC(O)C(O)CCCC(=O)O[C@H](COC(=O)CCCCCCCCCCCCCCCCC(C)CC)COP(=O)(O)O. The van der Waals surface area contributed by atoms with Crippen LogP contribution in [-0.2, 0) is 28.2 Å². The van der Waals surface area contributed by atoms with Gasteiger partial charge in [0.1, 0.15) is 6.61 Å². The second-order valence-corrected chi connectivity index (χ2v) is 16.5. The molecule has 4 N–H and O–H groups in total. The zero-order valence-electron chi connectivity index (χ0n) is 35.0. The number of hydrogen-bond acceptors (Lipinski definition) is 8. The number of unbranched alkanes of at least 4 members (excludes halogenated alkanes) is 16. The number of rotatable bonds is 39. The van der Waals surface area contributed by atoms with Crippen LogP contribution in [0.25, 0.3) is 0 Å². The lowest BCUT2D eigenvalue weighted by Crippen LogP contribution is -2.30. The first kappa shape index (κ1) is 53.2. The van der Waals surface area contributed by atoms with E-state index in [1.807, 2.05) is 12.2 Å². The van der Waals surface area contributed by atoms with Crippen LogP contribution in [-0.4, -0.2) is 63.5 Å². The van der Waals surface area contributed by atoms with E-state index < -0.39 is 44.7 Å². The highest BCUT2D eigenvalue weighted by atomic mass is 31.2. The Kier molecular flexibility index (Phi) is 36.5. The van der Waals surface area contributed by atoms with E-state index in [0.29, 0.717) is 6.42 Å². The molecule has 0 saturated heterocycles. The summed E-state index contributed by atoms with van der Waals surface area (Å²) in [7, 11) is -4.84. The molecule has 322 valence electrons. The van der Waals surface area contributed by atoms with Gasteiger partial charge in [-0.1, -0.05) is 166 Å². The van der Waals surface area contributed by atoms with E-state index in [1.54, 1.807) is 0 Å². The summed E-state index contributed by atoms with van der Waals surface area (Å²) in [5.74, 6) is -0.294. The van der Waals surface area contributed by atoms with E-state index in [-0.39, 0.29) is 38.7 Å². The van der Waals surface area contributed by atoms with Gasteiger partial charge in [0.15, 0.2) is 6.10 Å². The Balaban J connectivity index is 4.13. The summed E-state index contributed by atoms with van der Waals surface area (Å²) in [6.45, 7) is 5.79. The molecule has 0 aliphatic heterocycles. The van der Waals surface area contributed by atoms with Crippen molar-refractivity contribution in [2.45, 2.75) is 212 Å². The number of aliphatic hydroxyl groups is 2. The molecular formula is C44H81O10P. The molecule has 0 spiro atoms. The van der Waals surface area contributed by atoms with Gasteiger partial charge < -0.3 is 29.5 Å². The van der Waals surface area contributed by atoms with E-state index in [1.165, 1.54) is 96.3 Å². The van der Waals surface area contributed by atoms with Crippen LogP contribution in [0.5, 0.6) is 0 Å². The van der Waals surface area contributed by atoms with Gasteiger partial charge in [0.05, 0.1) is 18.8 Å². The molecule has 0 heterocycles. The van der Waals surface area contributed by atoms with Crippen LogP contribution in [0.3, 0.4) is 0 Å². The van der Waals surface area contributed by atoms with Crippen LogP contribution in [0, 0.1) is 5.92 Å². The Morgan fingerprint density at radius 1 is 0.600 bits per heavy atom.